The van der Waals surface area contributed by atoms with Crippen LogP contribution < -0.4 is 5.73 Å². The zero-order valence-electron chi connectivity index (χ0n) is 8.06. The molecule has 0 saturated heterocycles. The quantitative estimate of drug-likeness (QED) is 0.791. The Bertz CT molecular complexity index is 345. The molecule has 0 aromatic heterocycles. The Morgan fingerprint density at radius 1 is 1.50 bits per heavy atom. The normalized spacial score (nSPS) is 11.9. The molecule has 0 amide bonds. The van der Waals surface area contributed by atoms with Crippen molar-refractivity contribution >= 4 is 0 Å². The minimum Gasteiger partial charge on any atom is -0.327 e. The lowest BCUT2D eigenvalue weighted by Gasteiger charge is -2.04. The minimum atomic E-state index is -0.243. The third-order valence-electron chi connectivity index (χ3n) is 2.07. The summed E-state index contributed by atoms with van der Waals surface area (Å²) < 4.78 is 25.1. The van der Waals surface area contributed by atoms with Gasteiger partial charge >= 0.3 is 0 Å². The molecule has 1 nitrogen and oxygen atoms in total. The lowest BCUT2D eigenvalue weighted by molar-refractivity contribution is 0.617. The van der Waals surface area contributed by atoms with Crippen molar-refractivity contribution in [3.63, 3.8) is 0 Å². The molecule has 0 unspecified atom stereocenters. The Hall–Kier alpha value is -1.22. The summed E-state index contributed by atoms with van der Waals surface area (Å²) in [4.78, 5) is 0. The van der Waals surface area contributed by atoms with Crippen molar-refractivity contribution in [3.8, 4) is 0 Å². The number of aryl methyl sites for hydroxylation is 1. The Balaban J connectivity index is 2.82. The molecule has 1 aromatic rings. The molecule has 2 N–H and O–H groups in total. The van der Waals surface area contributed by atoms with E-state index in [0.717, 1.165) is 5.56 Å². The molecule has 0 aliphatic heterocycles. The van der Waals surface area contributed by atoms with Gasteiger partial charge in [0.25, 0.3) is 0 Å². The van der Waals surface area contributed by atoms with Gasteiger partial charge in [0.1, 0.15) is 5.82 Å². The van der Waals surface area contributed by atoms with Crippen molar-refractivity contribution in [1.29, 1.82) is 0 Å². The van der Waals surface area contributed by atoms with Crippen molar-refractivity contribution in [3.05, 3.63) is 47.0 Å². The van der Waals surface area contributed by atoms with Crippen LogP contribution in [-0.2, 0) is 6.42 Å². The van der Waals surface area contributed by atoms with Gasteiger partial charge in [0.15, 0.2) is 0 Å². The van der Waals surface area contributed by atoms with E-state index in [0.29, 0.717) is 23.9 Å². The molecular formula is C11H13F2N. The number of hydrogen-bond acceptors (Lipinski definition) is 1. The summed E-state index contributed by atoms with van der Waals surface area (Å²) in [6, 6.07) is 4.73. The van der Waals surface area contributed by atoms with Crippen LogP contribution in [0.25, 0.3) is 0 Å². The molecule has 0 radical (unpaired) electrons. The first kappa shape index (κ1) is 10.9. The van der Waals surface area contributed by atoms with Gasteiger partial charge in [-0.2, -0.15) is 0 Å². The van der Waals surface area contributed by atoms with Crippen LogP contribution in [-0.4, -0.2) is 6.54 Å². The van der Waals surface area contributed by atoms with Crippen LogP contribution in [0.5, 0.6) is 0 Å². The van der Waals surface area contributed by atoms with Gasteiger partial charge < -0.3 is 5.73 Å². The molecule has 3 heteroatoms. The zero-order valence-corrected chi connectivity index (χ0v) is 8.06. The predicted molar refractivity (Wildman–Crippen MR) is 53.1 cm³/mol. The number of nitrogens with two attached hydrogens (primary N) is 1. The molecule has 0 saturated carbocycles. The van der Waals surface area contributed by atoms with Crippen LogP contribution in [0.2, 0.25) is 0 Å². The summed E-state index contributed by atoms with van der Waals surface area (Å²) in [7, 11) is 0. The van der Waals surface area contributed by atoms with Crippen LogP contribution in [0.4, 0.5) is 8.78 Å². The zero-order chi connectivity index (χ0) is 10.6. The Morgan fingerprint density at radius 3 is 2.71 bits per heavy atom. The van der Waals surface area contributed by atoms with E-state index in [1.807, 2.05) is 0 Å². The van der Waals surface area contributed by atoms with Crippen LogP contribution in [0.15, 0.2) is 30.1 Å². The highest BCUT2D eigenvalue weighted by atomic mass is 19.1. The molecule has 0 bridgehead atoms. The first-order valence-corrected chi connectivity index (χ1v) is 4.40. The molecule has 0 fully saturated rings. The van der Waals surface area contributed by atoms with Crippen molar-refractivity contribution in [2.45, 2.75) is 13.3 Å². The smallest absolute Gasteiger partial charge is 0.126 e. The third kappa shape index (κ3) is 2.64. The number of rotatable bonds is 3. The van der Waals surface area contributed by atoms with Crippen LogP contribution >= 0.6 is 0 Å². The fraction of sp³-hybridized carbons (Fsp3) is 0.273. The van der Waals surface area contributed by atoms with Gasteiger partial charge in [-0.25, -0.2) is 8.78 Å². The van der Waals surface area contributed by atoms with E-state index in [9.17, 15) is 8.78 Å². The lowest BCUT2D eigenvalue weighted by atomic mass is 10.0. The molecule has 0 aliphatic rings. The topological polar surface area (TPSA) is 26.0 Å². The van der Waals surface area contributed by atoms with Gasteiger partial charge in [-0.1, -0.05) is 12.1 Å². The van der Waals surface area contributed by atoms with Crippen LogP contribution in [0.1, 0.15) is 11.1 Å². The summed E-state index contributed by atoms with van der Waals surface area (Å²) in [5.74, 6) is -0.243. The van der Waals surface area contributed by atoms with E-state index in [1.54, 1.807) is 19.1 Å². The third-order valence-corrected chi connectivity index (χ3v) is 2.07. The van der Waals surface area contributed by atoms with Gasteiger partial charge in [-0.3, -0.25) is 0 Å². The Labute approximate surface area is 82.2 Å². The minimum absolute atomic E-state index is 0.187. The first-order valence-electron chi connectivity index (χ1n) is 4.40. The largest absolute Gasteiger partial charge is 0.327 e. The maximum absolute atomic E-state index is 12.9. The van der Waals surface area contributed by atoms with E-state index in [-0.39, 0.29) is 12.4 Å². The van der Waals surface area contributed by atoms with E-state index in [1.165, 1.54) is 6.07 Å². The SMILES string of the molecule is Cc1cc(CC(=CF)CN)ccc1F. The second-order valence-corrected chi connectivity index (χ2v) is 3.23. The predicted octanol–water partition coefficient (Wildman–Crippen LogP) is 2.49. The summed E-state index contributed by atoms with van der Waals surface area (Å²) in [6.45, 7) is 1.87. The number of halogens is 2. The molecule has 76 valence electrons. The van der Waals surface area contributed by atoms with E-state index < -0.39 is 0 Å². The molecule has 0 spiro atoms. The second kappa shape index (κ2) is 4.86. The highest BCUT2D eigenvalue weighted by molar-refractivity contribution is 5.27. The maximum Gasteiger partial charge on any atom is 0.126 e. The van der Waals surface area contributed by atoms with Gasteiger partial charge in [0.05, 0.1) is 6.33 Å². The number of benzene rings is 1. The van der Waals surface area contributed by atoms with E-state index in [2.05, 4.69) is 0 Å². The fourth-order valence-corrected chi connectivity index (χ4v) is 1.23. The molecule has 0 atom stereocenters. The fourth-order valence-electron chi connectivity index (χ4n) is 1.23. The van der Waals surface area contributed by atoms with Crippen molar-refractivity contribution < 1.29 is 8.78 Å². The van der Waals surface area contributed by atoms with E-state index in [4.69, 9.17) is 5.73 Å². The van der Waals surface area contributed by atoms with Crippen LogP contribution in [0.3, 0.4) is 0 Å². The average molecular weight is 197 g/mol. The lowest BCUT2D eigenvalue weighted by Crippen LogP contribution is -2.05. The highest BCUT2D eigenvalue weighted by Gasteiger charge is 2.01. The Morgan fingerprint density at radius 2 is 2.21 bits per heavy atom. The van der Waals surface area contributed by atoms with Gasteiger partial charge in [0, 0.05) is 6.54 Å². The summed E-state index contributed by atoms with van der Waals surface area (Å²) in [5.41, 5.74) is 7.27. The number of hydrogen-bond donors (Lipinski definition) is 1. The Kier molecular flexibility index (Phi) is 3.77. The molecule has 1 aromatic carbocycles. The highest BCUT2D eigenvalue weighted by Crippen LogP contribution is 2.12. The van der Waals surface area contributed by atoms with E-state index >= 15 is 0 Å². The summed E-state index contributed by atoms with van der Waals surface area (Å²) in [6.07, 6.45) is 0.951. The second-order valence-electron chi connectivity index (χ2n) is 3.23. The summed E-state index contributed by atoms with van der Waals surface area (Å²) >= 11 is 0. The monoisotopic (exact) mass is 197 g/mol. The first-order chi connectivity index (χ1) is 6.67. The molecule has 0 aliphatic carbocycles. The van der Waals surface area contributed by atoms with Gasteiger partial charge in [-0.05, 0) is 36.1 Å². The molecule has 1 rings (SSSR count). The van der Waals surface area contributed by atoms with Gasteiger partial charge in [0.2, 0.25) is 0 Å². The van der Waals surface area contributed by atoms with Crippen molar-refractivity contribution in [2.24, 2.45) is 5.73 Å². The molecule has 0 heterocycles. The standard InChI is InChI=1S/C11H13F2N/c1-8-4-9(2-3-11(8)13)5-10(6-12)7-14/h2-4,6H,5,7,14H2,1H3. The van der Waals surface area contributed by atoms with Gasteiger partial charge in [-0.15, -0.1) is 0 Å². The average Bonchev–Trinajstić information content (AvgIpc) is 2.19. The van der Waals surface area contributed by atoms with Crippen LogP contribution in [0, 0.1) is 12.7 Å². The van der Waals surface area contributed by atoms with Crippen molar-refractivity contribution in [2.75, 3.05) is 6.54 Å². The maximum atomic E-state index is 12.9. The van der Waals surface area contributed by atoms with Crippen molar-refractivity contribution in [1.82, 2.24) is 0 Å². The molecular weight excluding hydrogens is 184 g/mol. The summed E-state index contributed by atoms with van der Waals surface area (Å²) in [5, 5.41) is 0. The molecule has 14 heavy (non-hydrogen) atoms.